The van der Waals surface area contributed by atoms with Crippen LogP contribution in [0, 0.1) is 5.92 Å². The van der Waals surface area contributed by atoms with Crippen LogP contribution < -0.4 is 10.5 Å². The van der Waals surface area contributed by atoms with Crippen molar-refractivity contribution in [3.05, 3.63) is 100 Å². The molecular formula is C31H32FN3O4Si. The van der Waals surface area contributed by atoms with Crippen LogP contribution in [-0.4, -0.2) is 41.9 Å². The van der Waals surface area contributed by atoms with Gasteiger partial charge in [-0.25, -0.2) is 0 Å². The first-order chi connectivity index (χ1) is 19.2. The van der Waals surface area contributed by atoms with Gasteiger partial charge in [-0.15, -0.1) is 0 Å². The van der Waals surface area contributed by atoms with Gasteiger partial charge in [-0.1, -0.05) is 55.5 Å². The van der Waals surface area contributed by atoms with E-state index in [1.54, 1.807) is 42.4 Å². The highest BCUT2D eigenvalue weighted by atomic mass is 28.4. The largest absolute Gasteiger partial charge is 0.396 e. The van der Waals surface area contributed by atoms with Gasteiger partial charge in [0.2, 0.25) is 8.41 Å². The smallest absolute Gasteiger partial charge is 0.279 e. The molecule has 0 radical (unpaired) electrons. The molecule has 4 atom stereocenters. The summed E-state index contributed by atoms with van der Waals surface area (Å²) in [5, 5.41) is 15.5. The first-order valence-corrected chi connectivity index (χ1v) is 16.6. The molecule has 1 fully saturated rings. The number of hydrogen-bond acceptors (Lipinski definition) is 5. The van der Waals surface area contributed by atoms with Crippen LogP contribution in [0.3, 0.4) is 0 Å². The molecule has 1 N–H and O–H groups in total. The molecule has 6 rings (SSSR count). The Morgan fingerprint density at radius 3 is 2.50 bits per heavy atom. The van der Waals surface area contributed by atoms with Crippen molar-refractivity contribution in [2.45, 2.75) is 50.2 Å². The number of carbonyl (C=O) groups is 1. The molecule has 206 valence electrons. The number of amides is 1. The predicted octanol–water partition coefficient (Wildman–Crippen LogP) is 5.09. The molecule has 0 aliphatic carbocycles. The molecular weight excluding hydrogens is 525 g/mol. The Labute approximate surface area is 233 Å². The molecule has 2 aliphatic rings. The van der Waals surface area contributed by atoms with Gasteiger partial charge in [0.15, 0.2) is 5.60 Å². The van der Waals surface area contributed by atoms with E-state index in [0.717, 1.165) is 10.9 Å². The molecule has 4 aromatic rings. The van der Waals surface area contributed by atoms with Gasteiger partial charge in [0.1, 0.15) is 0 Å². The summed E-state index contributed by atoms with van der Waals surface area (Å²) in [4.78, 5) is 29.6. The van der Waals surface area contributed by atoms with E-state index in [4.69, 9.17) is 4.74 Å². The molecule has 9 heteroatoms. The second-order valence-corrected chi connectivity index (χ2v) is 15.1. The van der Waals surface area contributed by atoms with Gasteiger partial charge in [-0.3, -0.25) is 9.59 Å². The first-order valence-electron chi connectivity index (χ1n) is 13.6. The minimum absolute atomic E-state index is 0.167. The molecule has 1 aromatic heterocycles. The quantitative estimate of drug-likeness (QED) is 0.264. The highest BCUT2D eigenvalue weighted by molar-refractivity contribution is 6.72. The maximum Gasteiger partial charge on any atom is 0.279 e. The number of rotatable bonds is 6. The van der Waals surface area contributed by atoms with E-state index in [9.17, 15) is 14.7 Å². The Balaban J connectivity index is 1.54. The summed E-state index contributed by atoms with van der Waals surface area (Å²) >= 11 is 0. The number of hydrogen-bond donors (Lipinski definition) is 1. The topological polar surface area (TPSA) is 84.7 Å². The zero-order valence-corrected chi connectivity index (χ0v) is 23.8. The second kappa shape index (κ2) is 9.76. The van der Waals surface area contributed by atoms with E-state index < -0.39 is 31.6 Å². The molecule has 1 amide bonds. The van der Waals surface area contributed by atoms with Crippen molar-refractivity contribution in [3.8, 4) is 5.69 Å². The molecule has 40 heavy (non-hydrogen) atoms. The first kappa shape index (κ1) is 26.6. The number of ether oxygens (including phenoxy) is 1. The fourth-order valence-electron chi connectivity index (χ4n) is 6.76. The Hall–Kier alpha value is -3.66. The van der Waals surface area contributed by atoms with E-state index in [1.807, 2.05) is 61.5 Å². The SMILES string of the molecule is C[C@H]1[C@H]([Si](C)(C)F)[C@@H](CCO)O[C@]12C(=O)N(Cc1ccccc1)c1ccc(-n3ncc4ccccc4c3=O)cc12. The normalized spacial score (nSPS) is 24.3. The molecule has 0 bridgehead atoms. The number of halogens is 1. The van der Waals surface area contributed by atoms with Gasteiger partial charge in [-0.2, -0.15) is 9.78 Å². The fourth-order valence-corrected chi connectivity index (χ4v) is 9.30. The number of aromatic nitrogens is 2. The summed E-state index contributed by atoms with van der Waals surface area (Å²) in [6, 6.07) is 22.3. The van der Waals surface area contributed by atoms with Crippen molar-refractivity contribution >= 4 is 30.8 Å². The summed E-state index contributed by atoms with van der Waals surface area (Å²) in [7, 11) is -3.32. The van der Waals surface area contributed by atoms with Gasteiger partial charge in [0.25, 0.3) is 11.5 Å². The molecule has 1 saturated heterocycles. The van der Waals surface area contributed by atoms with E-state index in [0.29, 0.717) is 28.9 Å². The second-order valence-electron chi connectivity index (χ2n) is 11.3. The Morgan fingerprint density at radius 2 is 1.77 bits per heavy atom. The molecule has 3 aromatic carbocycles. The van der Waals surface area contributed by atoms with Crippen LogP contribution in [0.4, 0.5) is 9.80 Å². The summed E-state index contributed by atoms with van der Waals surface area (Å²) in [5.74, 6) is -0.738. The third kappa shape index (κ3) is 4.03. The van der Waals surface area contributed by atoms with Gasteiger partial charge in [-0.05, 0) is 49.3 Å². The van der Waals surface area contributed by atoms with Crippen molar-refractivity contribution in [2.24, 2.45) is 5.92 Å². The van der Waals surface area contributed by atoms with Crippen LogP contribution in [0.1, 0.15) is 24.5 Å². The van der Waals surface area contributed by atoms with Gasteiger partial charge in [0, 0.05) is 29.0 Å². The number of aliphatic hydroxyl groups is 1. The molecule has 7 nitrogen and oxygen atoms in total. The van der Waals surface area contributed by atoms with Crippen LogP contribution in [-0.2, 0) is 21.7 Å². The van der Waals surface area contributed by atoms with Crippen LogP contribution in [0.25, 0.3) is 16.5 Å². The third-order valence-electron chi connectivity index (χ3n) is 8.48. The van der Waals surface area contributed by atoms with Gasteiger partial charge in [0.05, 0.1) is 35.6 Å². The molecule has 0 unspecified atom stereocenters. The van der Waals surface area contributed by atoms with Crippen molar-refractivity contribution in [1.82, 2.24) is 9.78 Å². The standard InChI is InChI=1S/C31H32FN3O4Si/c1-20-28(40(2,3)32)27(15-16-36)39-31(20)25-17-23(35-29(37)24-12-8-7-11-22(24)18-33-35)13-14-26(25)34(30(31)38)19-21-9-5-4-6-10-21/h4-14,17-18,20,27-28,36H,15-16,19H2,1-3H3/t20-,27+,28-,31+/m0/s1. The zero-order chi connectivity index (χ0) is 28.2. The Morgan fingerprint density at radius 1 is 1.05 bits per heavy atom. The van der Waals surface area contributed by atoms with E-state index in [2.05, 4.69) is 5.10 Å². The number of nitrogens with zero attached hydrogens (tertiary/aromatic N) is 3. The molecule has 1 spiro atoms. The van der Waals surface area contributed by atoms with Crippen molar-refractivity contribution in [2.75, 3.05) is 11.5 Å². The number of benzene rings is 3. The lowest BCUT2D eigenvalue weighted by atomic mass is 9.82. The zero-order valence-electron chi connectivity index (χ0n) is 22.8. The molecule has 2 aliphatic heterocycles. The lowest BCUT2D eigenvalue weighted by Crippen LogP contribution is -2.45. The van der Waals surface area contributed by atoms with Crippen LogP contribution in [0.15, 0.2) is 83.8 Å². The number of carbonyl (C=O) groups excluding carboxylic acids is 1. The molecule has 3 heterocycles. The highest BCUT2D eigenvalue weighted by Gasteiger charge is 2.66. The predicted molar refractivity (Wildman–Crippen MR) is 155 cm³/mol. The summed E-state index contributed by atoms with van der Waals surface area (Å²) < 4.78 is 23.8. The maximum atomic E-state index is 15.8. The van der Waals surface area contributed by atoms with Crippen LogP contribution >= 0.6 is 0 Å². The molecule has 0 saturated carbocycles. The average molecular weight is 558 g/mol. The summed E-state index contributed by atoms with van der Waals surface area (Å²) in [5.41, 5.74) is 0.498. The average Bonchev–Trinajstić information content (AvgIpc) is 3.36. The third-order valence-corrected chi connectivity index (χ3v) is 10.9. The van der Waals surface area contributed by atoms with Gasteiger partial charge < -0.3 is 18.9 Å². The summed E-state index contributed by atoms with van der Waals surface area (Å²) in [6.07, 6.45) is 1.28. The highest BCUT2D eigenvalue weighted by Crippen LogP contribution is 2.60. The van der Waals surface area contributed by atoms with Crippen LogP contribution in [0.5, 0.6) is 0 Å². The maximum absolute atomic E-state index is 15.8. The van der Waals surface area contributed by atoms with Crippen LogP contribution in [0.2, 0.25) is 18.6 Å². The van der Waals surface area contributed by atoms with Gasteiger partial charge >= 0.3 is 0 Å². The van der Waals surface area contributed by atoms with Crippen molar-refractivity contribution < 1.29 is 18.7 Å². The van der Waals surface area contributed by atoms with E-state index in [1.165, 1.54) is 4.68 Å². The Kier molecular flexibility index (Phi) is 6.48. The Bertz CT molecular complexity index is 1650. The van der Waals surface area contributed by atoms with Crippen molar-refractivity contribution in [1.29, 1.82) is 0 Å². The lowest BCUT2D eigenvalue weighted by molar-refractivity contribution is -0.146. The fraction of sp³-hybridized carbons (Fsp3) is 0.323. The van der Waals surface area contributed by atoms with E-state index >= 15 is 4.11 Å². The van der Waals surface area contributed by atoms with E-state index in [-0.39, 0.29) is 24.5 Å². The monoisotopic (exact) mass is 557 g/mol. The number of aliphatic hydroxyl groups excluding tert-OH is 1. The minimum Gasteiger partial charge on any atom is -0.396 e. The lowest BCUT2D eigenvalue weighted by Gasteiger charge is -2.31. The number of anilines is 1. The number of fused-ring (bicyclic) bond motifs is 3. The minimum atomic E-state index is -3.32. The summed E-state index contributed by atoms with van der Waals surface area (Å²) in [6.45, 7) is 5.32. The van der Waals surface area contributed by atoms with Crippen molar-refractivity contribution in [3.63, 3.8) is 0 Å².